The Hall–Kier alpha value is -2.37. The fraction of sp³-hybridized carbons (Fsp3) is 0.308. The van der Waals surface area contributed by atoms with Crippen molar-refractivity contribution in [2.45, 2.75) is 13.8 Å². The molecule has 0 spiro atoms. The average molecular weight is 266 g/mol. The van der Waals surface area contributed by atoms with Crippen molar-refractivity contribution in [2.24, 2.45) is 0 Å². The van der Waals surface area contributed by atoms with Crippen molar-refractivity contribution in [2.75, 3.05) is 13.7 Å². The van der Waals surface area contributed by atoms with Crippen LogP contribution in [-0.2, 0) is 9.53 Å². The summed E-state index contributed by atoms with van der Waals surface area (Å²) in [6.45, 7) is 2.96. The van der Waals surface area contributed by atoms with Crippen LogP contribution in [0.15, 0.2) is 12.1 Å². The van der Waals surface area contributed by atoms with Crippen molar-refractivity contribution in [3.8, 4) is 11.5 Å². The summed E-state index contributed by atoms with van der Waals surface area (Å²) < 4.78 is 14.7. The molecule has 0 aromatic heterocycles. The molecular formula is C13H14O6. The lowest BCUT2D eigenvalue weighted by molar-refractivity contribution is -0.131. The van der Waals surface area contributed by atoms with Gasteiger partial charge in [0.25, 0.3) is 0 Å². The Morgan fingerprint density at radius 2 is 2.00 bits per heavy atom. The zero-order valence-electron chi connectivity index (χ0n) is 10.9. The number of ether oxygens (including phenoxy) is 3. The lowest BCUT2D eigenvalue weighted by atomic mass is 10.1. The summed E-state index contributed by atoms with van der Waals surface area (Å²) in [5.41, 5.74) is -0.0538. The van der Waals surface area contributed by atoms with E-state index in [0.29, 0.717) is 12.0 Å². The van der Waals surface area contributed by atoms with Gasteiger partial charge in [-0.2, -0.15) is 0 Å². The van der Waals surface area contributed by atoms with E-state index in [9.17, 15) is 14.4 Å². The van der Waals surface area contributed by atoms with Gasteiger partial charge in [-0.05, 0) is 13.0 Å². The topological polar surface area (TPSA) is 78.9 Å². The number of benzene rings is 1. The van der Waals surface area contributed by atoms with Gasteiger partial charge in [-0.15, -0.1) is 0 Å². The van der Waals surface area contributed by atoms with Crippen LogP contribution in [0.2, 0.25) is 0 Å². The highest BCUT2D eigenvalue weighted by Gasteiger charge is 2.21. The molecular weight excluding hydrogens is 252 g/mol. The lowest BCUT2D eigenvalue weighted by Crippen LogP contribution is -2.13. The first kappa shape index (κ1) is 14.7. The molecule has 0 heterocycles. The molecule has 0 aliphatic rings. The van der Waals surface area contributed by atoms with Crippen molar-refractivity contribution in [3.05, 3.63) is 23.3 Å². The van der Waals surface area contributed by atoms with Crippen molar-refractivity contribution < 1.29 is 28.6 Å². The zero-order chi connectivity index (χ0) is 14.4. The van der Waals surface area contributed by atoms with Gasteiger partial charge in [-0.3, -0.25) is 9.59 Å². The second-order valence-corrected chi connectivity index (χ2v) is 3.52. The maximum absolute atomic E-state index is 11.8. The third kappa shape index (κ3) is 3.54. The van der Waals surface area contributed by atoms with E-state index >= 15 is 0 Å². The molecule has 0 saturated carbocycles. The molecule has 0 atom stereocenters. The van der Waals surface area contributed by atoms with E-state index in [1.165, 1.54) is 26.2 Å². The molecule has 0 fully saturated rings. The van der Waals surface area contributed by atoms with Crippen molar-refractivity contribution in [1.29, 1.82) is 0 Å². The Kier molecular flexibility index (Phi) is 5.05. The van der Waals surface area contributed by atoms with Crippen LogP contribution >= 0.6 is 0 Å². The molecule has 0 unspecified atom stereocenters. The standard InChI is InChI=1S/C13H14O6/c1-4-18-13(16)12-9(7-14)5-10(17-3)6-11(12)19-8(2)15/h5-7H,4H2,1-3H3. The molecule has 6 nitrogen and oxygen atoms in total. The maximum atomic E-state index is 11.8. The van der Waals surface area contributed by atoms with Gasteiger partial charge >= 0.3 is 11.9 Å². The smallest absolute Gasteiger partial charge is 0.342 e. The second-order valence-electron chi connectivity index (χ2n) is 3.52. The normalized spacial score (nSPS) is 9.63. The molecule has 0 amide bonds. The van der Waals surface area contributed by atoms with Gasteiger partial charge in [0.15, 0.2) is 6.29 Å². The van der Waals surface area contributed by atoms with Crippen LogP contribution in [0.4, 0.5) is 0 Å². The van der Waals surface area contributed by atoms with Gasteiger partial charge in [-0.1, -0.05) is 0 Å². The van der Waals surface area contributed by atoms with Gasteiger partial charge in [0.2, 0.25) is 0 Å². The summed E-state index contributed by atoms with van der Waals surface area (Å²) in [7, 11) is 1.39. The van der Waals surface area contributed by atoms with E-state index in [4.69, 9.17) is 14.2 Å². The maximum Gasteiger partial charge on any atom is 0.342 e. The number of aldehydes is 1. The molecule has 0 radical (unpaired) electrons. The molecule has 0 aliphatic heterocycles. The summed E-state index contributed by atoms with van der Waals surface area (Å²) in [6, 6.07) is 2.72. The number of hydrogen-bond donors (Lipinski definition) is 0. The van der Waals surface area contributed by atoms with Crippen LogP contribution in [0.3, 0.4) is 0 Å². The quantitative estimate of drug-likeness (QED) is 0.457. The molecule has 0 aliphatic carbocycles. The predicted molar refractivity (Wildman–Crippen MR) is 65.6 cm³/mol. The summed E-state index contributed by atoms with van der Waals surface area (Å²) in [5, 5.41) is 0. The molecule has 102 valence electrons. The van der Waals surface area contributed by atoms with Crippen LogP contribution < -0.4 is 9.47 Å². The molecule has 0 N–H and O–H groups in total. The van der Waals surface area contributed by atoms with Crippen LogP contribution in [0.5, 0.6) is 11.5 Å². The van der Waals surface area contributed by atoms with Gasteiger partial charge in [0.05, 0.1) is 13.7 Å². The van der Waals surface area contributed by atoms with Crippen LogP contribution in [0.25, 0.3) is 0 Å². The Morgan fingerprint density at radius 3 is 2.47 bits per heavy atom. The minimum Gasteiger partial charge on any atom is -0.497 e. The highest BCUT2D eigenvalue weighted by Crippen LogP contribution is 2.29. The monoisotopic (exact) mass is 266 g/mol. The van der Waals surface area contributed by atoms with Crippen LogP contribution in [0.1, 0.15) is 34.6 Å². The lowest BCUT2D eigenvalue weighted by Gasteiger charge is -2.12. The van der Waals surface area contributed by atoms with Crippen LogP contribution in [0, 0.1) is 0 Å². The first-order valence-corrected chi connectivity index (χ1v) is 5.56. The third-order valence-corrected chi connectivity index (χ3v) is 2.20. The fourth-order valence-electron chi connectivity index (χ4n) is 1.48. The number of hydrogen-bond acceptors (Lipinski definition) is 6. The summed E-state index contributed by atoms with van der Waals surface area (Å²) in [6.07, 6.45) is 0.474. The number of carbonyl (C=O) groups is 3. The molecule has 0 saturated heterocycles. The van der Waals surface area contributed by atoms with E-state index in [2.05, 4.69) is 0 Å². The summed E-state index contributed by atoms with van der Waals surface area (Å²) in [5.74, 6) is -1.11. The van der Waals surface area contributed by atoms with E-state index < -0.39 is 11.9 Å². The van der Waals surface area contributed by atoms with E-state index in [0.717, 1.165) is 0 Å². The number of rotatable bonds is 5. The van der Waals surface area contributed by atoms with Crippen molar-refractivity contribution in [3.63, 3.8) is 0 Å². The van der Waals surface area contributed by atoms with E-state index in [-0.39, 0.29) is 23.5 Å². The van der Waals surface area contributed by atoms with Crippen molar-refractivity contribution >= 4 is 18.2 Å². The molecule has 19 heavy (non-hydrogen) atoms. The summed E-state index contributed by atoms with van der Waals surface area (Å²) >= 11 is 0. The largest absolute Gasteiger partial charge is 0.497 e. The van der Waals surface area contributed by atoms with E-state index in [1.54, 1.807) is 6.92 Å². The zero-order valence-corrected chi connectivity index (χ0v) is 10.9. The van der Waals surface area contributed by atoms with Gasteiger partial charge < -0.3 is 14.2 Å². The first-order chi connectivity index (χ1) is 9.03. The highest BCUT2D eigenvalue weighted by atomic mass is 16.5. The first-order valence-electron chi connectivity index (χ1n) is 5.56. The SMILES string of the molecule is CCOC(=O)c1c(C=O)cc(OC)cc1OC(C)=O. The van der Waals surface area contributed by atoms with Gasteiger partial charge in [-0.25, -0.2) is 4.79 Å². The second kappa shape index (κ2) is 6.53. The Balaban J connectivity index is 3.40. The molecule has 1 aromatic rings. The third-order valence-electron chi connectivity index (χ3n) is 2.20. The predicted octanol–water partition coefficient (Wildman–Crippen LogP) is 1.61. The number of methoxy groups -OCH3 is 1. The van der Waals surface area contributed by atoms with Crippen LogP contribution in [-0.4, -0.2) is 31.9 Å². The minimum atomic E-state index is -0.733. The fourth-order valence-corrected chi connectivity index (χ4v) is 1.48. The van der Waals surface area contributed by atoms with E-state index in [1.807, 2.05) is 0 Å². The van der Waals surface area contributed by atoms with Crippen molar-refractivity contribution in [1.82, 2.24) is 0 Å². The molecule has 6 heteroatoms. The highest BCUT2D eigenvalue weighted by molar-refractivity contribution is 6.01. The van der Waals surface area contributed by atoms with Gasteiger partial charge in [0.1, 0.15) is 17.1 Å². The molecule has 0 bridgehead atoms. The molecule has 1 aromatic carbocycles. The molecule has 1 rings (SSSR count). The van der Waals surface area contributed by atoms with Gasteiger partial charge in [0, 0.05) is 18.6 Å². The Bertz CT molecular complexity index is 506. The Morgan fingerprint density at radius 1 is 1.32 bits per heavy atom. The Labute approximate surface area is 110 Å². The summed E-state index contributed by atoms with van der Waals surface area (Å²) in [4.78, 5) is 33.9. The number of carbonyl (C=O) groups excluding carboxylic acids is 3. The minimum absolute atomic E-state index is 0.0362. The average Bonchev–Trinajstić information content (AvgIpc) is 2.37. The number of esters is 2.